The highest BCUT2D eigenvalue weighted by Gasteiger charge is 2.34. The van der Waals surface area contributed by atoms with E-state index in [0.29, 0.717) is 19.2 Å². The van der Waals surface area contributed by atoms with Crippen molar-refractivity contribution in [3.05, 3.63) is 33.9 Å². The van der Waals surface area contributed by atoms with Crippen molar-refractivity contribution in [1.29, 1.82) is 0 Å². The summed E-state index contributed by atoms with van der Waals surface area (Å²) >= 11 is 1.75. The Hall–Kier alpha value is -1.48. The third-order valence-corrected chi connectivity index (χ3v) is 4.41. The van der Waals surface area contributed by atoms with Crippen LogP contribution in [0.2, 0.25) is 0 Å². The van der Waals surface area contributed by atoms with Crippen molar-refractivity contribution in [2.75, 3.05) is 49.6 Å². The number of rotatable bonds is 5. The first-order chi connectivity index (χ1) is 10.8. The van der Waals surface area contributed by atoms with Gasteiger partial charge in [-0.3, -0.25) is 15.0 Å². The van der Waals surface area contributed by atoms with Crippen LogP contribution < -0.4 is 4.90 Å². The van der Waals surface area contributed by atoms with Crippen LogP contribution in [-0.4, -0.2) is 54.6 Å². The van der Waals surface area contributed by atoms with Gasteiger partial charge < -0.3 is 4.90 Å². The topological polar surface area (TPSA) is 49.6 Å². The fraction of sp³-hybridized carbons (Fsp3) is 0.571. The van der Waals surface area contributed by atoms with E-state index < -0.39 is 22.4 Å². The zero-order valence-electron chi connectivity index (χ0n) is 12.7. The Labute approximate surface area is 136 Å². The van der Waals surface area contributed by atoms with Gasteiger partial charge in [0.2, 0.25) is 0 Å². The van der Waals surface area contributed by atoms with E-state index in [0.717, 1.165) is 31.5 Å². The van der Waals surface area contributed by atoms with Crippen molar-refractivity contribution in [3.63, 3.8) is 0 Å². The molecule has 0 N–H and O–H groups in total. The zero-order valence-corrected chi connectivity index (χ0v) is 13.5. The number of nitrogens with zero attached hydrogens (tertiary/aromatic N) is 3. The lowest BCUT2D eigenvalue weighted by molar-refractivity contribution is -0.384. The number of alkyl halides is 3. The van der Waals surface area contributed by atoms with Crippen molar-refractivity contribution in [3.8, 4) is 0 Å². The highest BCUT2D eigenvalue weighted by Crippen LogP contribution is 2.36. The van der Waals surface area contributed by atoms with Crippen LogP contribution in [0.4, 0.5) is 24.5 Å². The molecule has 1 aliphatic heterocycles. The number of thioether (sulfide) groups is 1. The van der Waals surface area contributed by atoms with Gasteiger partial charge in [0.1, 0.15) is 5.69 Å². The first kappa shape index (κ1) is 17.9. The van der Waals surface area contributed by atoms with Crippen LogP contribution >= 0.6 is 11.8 Å². The number of hydrogen-bond acceptors (Lipinski definition) is 5. The Balaban J connectivity index is 2.15. The lowest BCUT2D eigenvalue weighted by Crippen LogP contribution is -2.47. The average molecular weight is 349 g/mol. The number of piperazine rings is 1. The molecule has 1 aromatic rings. The predicted molar refractivity (Wildman–Crippen MR) is 85.1 cm³/mol. The molecule has 0 unspecified atom stereocenters. The molecule has 0 spiro atoms. The number of nitro benzene ring substituents is 1. The van der Waals surface area contributed by atoms with E-state index in [4.69, 9.17) is 0 Å². The van der Waals surface area contributed by atoms with E-state index in [1.54, 1.807) is 16.7 Å². The summed E-state index contributed by atoms with van der Waals surface area (Å²) in [7, 11) is 0. The van der Waals surface area contributed by atoms with Crippen LogP contribution in [-0.2, 0) is 6.18 Å². The molecule has 1 fully saturated rings. The highest BCUT2D eigenvalue weighted by atomic mass is 32.2. The fourth-order valence-electron chi connectivity index (χ4n) is 2.55. The molecule has 1 aliphatic rings. The molecule has 1 aromatic carbocycles. The molecule has 1 saturated heterocycles. The monoisotopic (exact) mass is 349 g/mol. The molecule has 0 bridgehead atoms. The second kappa shape index (κ2) is 7.39. The van der Waals surface area contributed by atoms with Crippen LogP contribution in [0.25, 0.3) is 0 Å². The van der Waals surface area contributed by atoms with E-state index in [1.807, 2.05) is 6.26 Å². The van der Waals surface area contributed by atoms with E-state index >= 15 is 0 Å². The Morgan fingerprint density at radius 1 is 1.26 bits per heavy atom. The number of halogens is 3. The minimum atomic E-state index is -4.58. The van der Waals surface area contributed by atoms with Gasteiger partial charge in [-0.15, -0.1) is 0 Å². The molecule has 0 amide bonds. The number of hydrogen-bond donors (Lipinski definition) is 0. The maximum absolute atomic E-state index is 12.7. The molecule has 0 saturated carbocycles. The van der Waals surface area contributed by atoms with E-state index in [2.05, 4.69) is 4.90 Å². The quantitative estimate of drug-likeness (QED) is 0.604. The first-order valence-corrected chi connectivity index (χ1v) is 8.54. The number of benzene rings is 1. The summed E-state index contributed by atoms with van der Waals surface area (Å²) in [6, 6.07) is 2.73. The Morgan fingerprint density at radius 2 is 1.91 bits per heavy atom. The summed E-state index contributed by atoms with van der Waals surface area (Å²) in [5.74, 6) is 1.01. The molecular weight excluding hydrogens is 331 g/mol. The van der Waals surface area contributed by atoms with Gasteiger partial charge in [-0.25, -0.2) is 0 Å². The summed E-state index contributed by atoms with van der Waals surface area (Å²) in [6.07, 6.45) is -2.55. The predicted octanol–water partition coefficient (Wildman–Crippen LogP) is 3.10. The molecule has 0 aromatic heterocycles. The lowest BCUT2D eigenvalue weighted by atomic mass is 10.1. The van der Waals surface area contributed by atoms with E-state index in [1.165, 1.54) is 6.07 Å². The SMILES string of the molecule is CSCCN1CCN(c2ccc(C(F)(F)F)cc2[N+](=O)[O-])CC1. The first-order valence-electron chi connectivity index (χ1n) is 7.15. The molecule has 0 radical (unpaired) electrons. The molecule has 2 rings (SSSR count). The lowest BCUT2D eigenvalue weighted by Gasteiger charge is -2.35. The third-order valence-electron chi connectivity index (χ3n) is 3.82. The van der Waals surface area contributed by atoms with Crippen molar-refractivity contribution < 1.29 is 18.1 Å². The molecule has 9 heteroatoms. The molecule has 1 heterocycles. The maximum atomic E-state index is 12.7. The highest BCUT2D eigenvalue weighted by molar-refractivity contribution is 7.98. The maximum Gasteiger partial charge on any atom is 0.416 e. The van der Waals surface area contributed by atoms with Gasteiger partial charge in [0.05, 0.1) is 10.5 Å². The summed E-state index contributed by atoms with van der Waals surface area (Å²) in [5.41, 5.74) is -1.23. The van der Waals surface area contributed by atoms with Crippen molar-refractivity contribution >= 4 is 23.1 Å². The van der Waals surface area contributed by atoms with Gasteiger partial charge in [0.25, 0.3) is 5.69 Å². The zero-order chi connectivity index (χ0) is 17.0. The molecule has 5 nitrogen and oxygen atoms in total. The van der Waals surface area contributed by atoms with Crippen LogP contribution in [0.5, 0.6) is 0 Å². The van der Waals surface area contributed by atoms with Crippen molar-refractivity contribution in [2.24, 2.45) is 0 Å². The molecule has 0 atom stereocenters. The standard InChI is InChI=1S/C14H18F3N3O2S/c1-23-9-8-18-4-6-19(7-5-18)12-3-2-11(14(15,16)17)10-13(12)20(21)22/h2-3,10H,4-9H2,1H3. The van der Waals surface area contributed by atoms with Crippen LogP contribution in [0.15, 0.2) is 18.2 Å². The normalized spacial score (nSPS) is 16.6. The van der Waals surface area contributed by atoms with Gasteiger partial charge in [0, 0.05) is 44.5 Å². The minimum Gasteiger partial charge on any atom is -0.363 e. The summed E-state index contributed by atoms with van der Waals surface area (Å²) < 4.78 is 38.2. The van der Waals surface area contributed by atoms with Crippen molar-refractivity contribution in [1.82, 2.24) is 4.90 Å². The number of nitro groups is 1. The number of anilines is 1. The molecular formula is C14H18F3N3O2S. The molecule has 128 valence electrons. The Morgan fingerprint density at radius 3 is 2.43 bits per heavy atom. The second-order valence-corrected chi connectivity index (χ2v) is 6.27. The second-order valence-electron chi connectivity index (χ2n) is 5.28. The smallest absolute Gasteiger partial charge is 0.363 e. The average Bonchev–Trinajstić information content (AvgIpc) is 2.52. The van der Waals surface area contributed by atoms with Gasteiger partial charge >= 0.3 is 6.18 Å². The third kappa shape index (κ3) is 4.51. The van der Waals surface area contributed by atoms with Gasteiger partial charge in [-0.2, -0.15) is 24.9 Å². The summed E-state index contributed by atoms with van der Waals surface area (Å²) in [6.45, 7) is 3.59. The minimum absolute atomic E-state index is 0.257. The molecule has 23 heavy (non-hydrogen) atoms. The van der Waals surface area contributed by atoms with Crippen LogP contribution in [0.3, 0.4) is 0 Å². The molecule has 0 aliphatic carbocycles. The van der Waals surface area contributed by atoms with Gasteiger partial charge in [-0.05, 0) is 18.4 Å². The van der Waals surface area contributed by atoms with Gasteiger partial charge in [-0.1, -0.05) is 0 Å². The van der Waals surface area contributed by atoms with Crippen molar-refractivity contribution in [2.45, 2.75) is 6.18 Å². The summed E-state index contributed by atoms with van der Waals surface area (Å²) in [4.78, 5) is 14.4. The summed E-state index contributed by atoms with van der Waals surface area (Å²) in [5, 5.41) is 11.1. The largest absolute Gasteiger partial charge is 0.416 e. The van der Waals surface area contributed by atoms with Gasteiger partial charge in [0.15, 0.2) is 0 Å². The Kier molecular flexibility index (Phi) is 5.74. The Bertz CT molecular complexity index is 561. The van der Waals surface area contributed by atoms with E-state index in [-0.39, 0.29) is 5.69 Å². The van der Waals surface area contributed by atoms with Crippen LogP contribution in [0.1, 0.15) is 5.56 Å². The van der Waals surface area contributed by atoms with Crippen LogP contribution in [0, 0.1) is 10.1 Å². The van der Waals surface area contributed by atoms with E-state index in [9.17, 15) is 23.3 Å². The fourth-order valence-corrected chi connectivity index (χ4v) is 2.99.